The van der Waals surface area contributed by atoms with Crippen LogP contribution in [0.4, 0.5) is 4.39 Å². The van der Waals surface area contributed by atoms with Crippen molar-refractivity contribution in [2.45, 2.75) is 13.8 Å². The van der Waals surface area contributed by atoms with Crippen LogP contribution in [0.3, 0.4) is 0 Å². The van der Waals surface area contributed by atoms with Gasteiger partial charge in [0, 0.05) is 18.7 Å². The number of benzene rings is 1. The molecule has 21 heavy (non-hydrogen) atoms. The fraction of sp³-hybridized carbons (Fsp3) is 0.467. The van der Waals surface area contributed by atoms with Crippen molar-refractivity contribution in [1.29, 1.82) is 0 Å². The minimum absolute atomic E-state index is 0.0888. The maximum absolute atomic E-state index is 12.7. The molecule has 0 aliphatic rings. The molecule has 0 atom stereocenters. The van der Waals surface area contributed by atoms with E-state index in [0.29, 0.717) is 12.1 Å². The highest BCUT2D eigenvalue weighted by molar-refractivity contribution is 5.96. The zero-order valence-corrected chi connectivity index (χ0v) is 12.5. The van der Waals surface area contributed by atoms with E-state index in [9.17, 15) is 14.0 Å². The molecule has 0 saturated heterocycles. The predicted molar refractivity (Wildman–Crippen MR) is 79.5 cm³/mol. The van der Waals surface area contributed by atoms with Crippen LogP contribution in [0.1, 0.15) is 24.2 Å². The van der Waals surface area contributed by atoms with Gasteiger partial charge in [-0.3, -0.25) is 9.59 Å². The molecule has 116 valence electrons. The van der Waals surface area contributed by atoms with Crippen molar-refractivity contribution in [3.63, 3.8) is 0 Å². The monoisotopic (exact) mass is 295 g/mol. The number of carbonyl (C=O) groups is 2. The van der Waals surface area contributed by atoms with E-state index in [1.165, 1.54) is 24.3 Å². The predicted octanol–water partition coefficient (Wildman–Crippen LogP) is 1.01. The van der Waals surface area contributed by atoms with Gasteiger partial charge in [0.2, 0.25) is 5.91 Å². The molecular weight excluding hydrogens is 273 g/mol. The Balaban J connectivity index is 2.26. The number of amides is 2. The first kappa shape index (κ1) is 17.1. The van der Waals surface area contributed by atoms with Crippen LogP contribution in [-0.2, 0) is 4.79 Å². The summed E-state index contributed by atoms with van der Waals surface area (Å²) in [6, 6.07) is 5.17. The van der Waals surface area contributed by atoms with Crippen molar-refractivity contribution in [3.05, 3.63) is 35.6 Å². The number of nitrogens with one attached hydrogen (secondary N) is 2. The first-order chi connectivity index (χ1) is 10.1. The van der Waals surface area contributed by atoms with E-state index >= 15 is 0 Å². The third kappa shape index (κ3) is 6.35. The van der Waals surface area contributed by atoms with E-state index in [0.717, 1.165) is 19.6 Å². The smallest absolute Gasteiger partial charge is 0.251 e. The van der Waals surface area contributed by atoms with Gasteiger partial charge in [0.15, 0.2) is 0 Å². The first-order valence-electron chi connectivity index (χ1n) is 7.09. The summed E-state index contributed by atoms with van der Waals surface area (Å²) >= 11 is 0. The summed E-state index contributed by atoms with van der Waals surface area (Å²) in [6.07, 6.45) is 0. The number of carbonyl (C=O) groups excluding carboxylic acids is 2. The van der Waals surface area contributed by atoms with E-state index in [1.807, 2.05) is 0 Å². The Morgan fingerprint density at radius 3 is 2.29 bits per heavy atom. The number of nitrogens with zero attached hydrogens (tertiary/aromatic N) is 1. The zero-order valence-electron chi connectivity index (χ0n) is 12.5. The van der Waals surface area contributed by atoms with Crippen molar-refractivity contribution in [1.82, 2.24) is 15.5 Å². The fourth-order valence-electron chi connectivity index (χ4n) is 1.82. The second-order valence-electron chi connectivity index (χ2n) is 4.57. The van der Waals surface area contributed by atoms with E-state index in [1.54, 1.807) is 0 Å². The Hall–Kier alpha value is -1.95. The normalized spacial score (nSPS) is 10.5. The molecule has 0 aliphatic carbocycles. The van der Waals surface area contributed by atoms with E-state index < -0.39 is 11.7 Å². The van der Waals surface area contributed by atoms with Crippen molar-refractivity contribution < 1.29 is 14.0 Å². The van der Waals surface area contributed by atoms with Crippen LogP contribution >= 0.6 is 0 Å². The Morgan fingerprint density at radius 1 is 1.10 bits per heavy atom. The van der Waals surface area contributed by atoms with Crippen LogP contribution in [0.25, 0.3) is 0 Å². The lowest BCUT2D eigenvalue weighted by Crippen LogP contribution is -2.40. The van der Waals surface area contributed by atoms with Crippen LogP contribution < -0.4 is 10.6 Å². The lowest BCUT2D eigenvalue weighted by Gasteiger charge is -2.17. The summed E-state index contributed by atoms with van der Waals surface area (Å²) in [5.41, 5.74) is 0.326. The Bertz CT molecular complexity index is 458. The van der Waals surface area contributed by atoms with Crippen LogP contribution in [0.5, 0.6) is 0 Å². The molecule has 1 rings (SSSR count). The number of rotatable bonds is 8. The summed E-state index contributed by atoms with van der Waals surface area (Å²) in [5, 5.41) is 5.24. The number of hydrogen-bond acceptors (Lipinski definition) is 3. The zero-order chi connectivity index (χ0) is 15.7. The summed E-state index contributed by atoms with van der Waals surface area (Å²) < 4.78 is 12.7. The van der Waals surface area contributed by atoms with E-state index in [2.05, 4.69) is 29.4 Å². The molecule has 0 aliphatic heterocycles. The molecule has 0 aromatic heterocycles. The largest absolute Gasteiger partial charge is 0.353 e. The van der Waals surface area contributed by atoms with Gasteiger partial charge in [-0.15, -0.1) is 0 Å². The molecule has 1 aromatic rings. The van der Waals surface area contributed by atoms with Crippen molar-refractivity contribution in [2.24, 2.45) is 0 Å². The molecule has 5 nitrogen and oxygen atoms in total. The SMILES string of the molecule is CCN(CC)CCNC(=O)CNC(=O)c1ccc(F)cc1. The quantitative estimate of drug-likeness (QED) is 0.752. The lowest BCUT2D eigenvalue weighted by atomic mass is 10.2. The standard InChI is InChI=1S/C15H22FN3O2/c1-3-19(4-2)10-9-17-14(20)11-18-15(21)12-5-7-13(16)8-6-12/h5-8H,3-4,9-11H2,1-2H3,(H,17,20)(H,18,21). The molecule has 0 spiro atoms. The summed E-state index contributed by atoms with van der Waals surface area (Å²) in [7, 11) is 0. The van der Waals surface area contributed by atoms with Crippen LogP contribution in [0, 0.1) is 5.82 Å². The summed E-state index contributed by atoms with van der Waals surface area (Å²) in [5.74, 6) is -1.03. The Kier molecular flexibility index (Phi) is 7.39. The fourth-order valence-corrected chi connectivity index (χ4v) is 1.82. The second kappa shape index (κ2) is 9.07. The maximum atomic E-state index is 12.7. The third-order valence-corrected chi connectivity index (χ3v) is 3.16. The average Bonchev–Trinajstić information content (AvgIpc) is 2.50. The van der Waals surface area contributed by atoms with Gasteiger partial charge < -0.3 is 15.5 Å². The molecule has 6 heteroatoms. The van der Waals surface area contributed by atoms with E-state index in [-0.39, 0.29) is 12.5 Å². The minimum Gasteiger partial charge on any atom is -0.353 e. The topological polar surface area (TPSA) is 61.4 Å². The van der Waals surface area contributed by atoms with Gasteiger partial charge in [-0.1, -0.05) is 13.8 Å². The molecule has 0 radical (unpaired) electrons. The van der Waals surface area contributed by atoms with Crippen LogP contribution in [0.2, 0.25) is 0 Å². The van der Waals surface area contributed by atoms with Gasteiger partial charge in [0.1, 0.15) is 5.82 Å². The molecule has 0 unspecified atom stereocenters. The third-order valence-electron chi connectivity index (χ3n) is 3.16. The molecule has 0 heterocycles. The van der Waals surface area contributed by atoms with Crippen molar-refractivity contribution in [2.75, 3.05) is 32.7 Å². The number of halogens is 1. The van der Waals surface area contributed by atoms with E-state index in [4.69, 9.17) is 0 Å². The highest BCUT2D eigenvalue weighted by Crippen LogP contribution is 2.01. The lowest BCUT2D eigenvalue weighted by molar-refractivity contribution is -0.120. The highest BCUT2D eigenvalue weighted by atomic mass is 19.1. The van der Waals surface area contributed by atoms with Crippen molar-refractivity contribution >= 4 is 11.8 Å². The maximum Gasteiger partial charge on any atom is 0.251 e. The number of hydrogen-bond donors (Lipinski definition) is 2. The van der Waals surface area contributed by atoms with Gasteiger partial charge in [0.05, 0.1) is 6.54 Å². The van der Waals surface area contributed by atoms with Gasteiger partial charge in [-0.25, -0.2) is 4.39 Å². The van der Waals surface area contributed by atoms with Crippen LogP contribution in [0.15, 0.2) is 24.3 Å². The Morgan fingerprint density at radius 2 is 1.71 bits per heavy atom. The second-order valence-corrected chi connectivity index (χ2v) is 4.57. The highest BCUT2D eigenvalue weighted by Gasteiger charge is 2.08. The van der Waals surface area contributed by atoms with Crippen molar-refractivity contribution in [3.8, 4) is 0 Å². The summed E-state index contributed by atoms with van der Waals surface area (Å²) in [4.78, 5) is 25.5. The van der Waals surface area contributed by atoms with Gasteiger partial charge in [-0.05, 0) is 37.4 Å². The van der Waals surface area contributed by atoms with Gasteiger partial charge in [-0.2, -0.15) is 0 Å². The molecule has 0 fully saturated rings. The average molecular weight is 295 g/mol. The minimum atomic E-state index is -0.402. The molecule has 2 amide bonds. The molecular formula is C15H22FN3O2. The molecule has 0 bridgehead atoms. The number of likely N-dealkylation sites (N-methyl/N-ethyl adjacent to an activating group) is 1. The van der Waals surface area contributed by atoms with Gasteiger partial charge >= 0.3 is 0 Å². The molecule has 2 N–H and O–H groups in total. The summed E-state index contributed by atoms with van der Waals surface area (Å²) in [6.45, 7) is 7.25. The van der Waals surface area contributed by atoms with Crippen LogP contribution in [-0.4, -0.2) is 49.4 Å². The molecule has 1 aromatic carbocycles. The first-order valence-corrected chi connectivity index (χ1v) is 7.09. The molecule has 0 saturated carbocycles. The Labute approximate surface area is 124 Å². The van der Waals surface area contributed by atoms with Gasteiger partial charge in [0.25, 0.3) is 5.91 Å².